The highest BCUT2D eigenvalue weighted by molar-refractivity contribution is 6.31. The normalized spacial score (nSPS) is 18.3. The molecule has 1 saturated heterocycles. The van der Waals surface area contributed by atoms with Crippen molar-refractivity contribution in [1.29, 1.82) is 0 Å². The average molecular weight is 464 g/mol. The molecule has 1 amide bonds. The Kier molecular flexibility index (Phi) is 6.33. The van der Waals surface area contributed by atoms with Crippen molar-refractivity contribution in [3.05, 3.63) is 94.5 Å². The first-order chi connectivity index (χ1) is 15.9. The number of amidine groups is 1. The average Bonchev–Trinajstić information content (AvgIpc) is 3.29. The lowest BCUT2D eigenvalue weighted by atomic mass is 9.93. The zero-order valence-electron chi connectivity index (χ0n) is 17.6. The van der Waals surface area contributed by atoms with E-state index in [0.29, 0.717) is 22.6 Å². The molecule has 2 atom stereocenters. The van der Waals surface area contributed by atoms with Gasteiger partial charge in [0.25, 0.3) is 5.91 Å². The maximum absolute atomic E-state index is 14.1. The van der Waals surface area contributed by atoms with Crippen molar-refractivity contribution in [3.63, 3.8) is 0 Å². The number of carboxylic acids is 1. The second-order valence-electron chi connectivity index (χ2n) is 7.76. The summed E-state index contributed by atoms with van der Waals surface area (Å²) < 4.78 is 0. The van der Waals surface area contributed by atoms with Crippen LogP contribution < -0.4 is 5.73 Å². The SMILES string of the molecule is N/C(=N/O)c1cccc(-c2ccccc2)c1C(=O)N1C(C(=O)O)CCC1c1ccccc1Cl. The fraction of sp³-hybridized carbons (Fsp3) is 0.160. The van der Waals surface area contributed by atoms with E-state index < -0.39 is 24.0 Å². The van der Waals surface area contributed by atoms with Crippen LogP contribution in [0.5, 0.6) is 0 Å². The molecule has 1 aliphatic rings. The zero-order chi connectivity index (χ0) is 23.5. The van der Waals surface area contributed by atoms with Crippen LogP contribution >= 0.6 is 11.6 Å². The highest BCUT2D eigenvalue weighted by atomic mass is 35.5. The van der Waals surface area contributed by atoms with Gasteiger partial charge in [-0.1, -0.05) is 83.5 Å². The molecule has 3 aromatic carbocycles. The molecule has 3 aromatic rings. The minimum atomic E-state index is -1.10. The topological polar surface area (TPSA) is 116 Å². The number of rotatable bonds is 5. The van der Waals surface area contributed by atoms with Gasteiger partial charge in [-0.15, -0.1) is 0 Å². The third-order valence-corrected chi connectivity index (χ3v) is 6.26. The molecule has 1 fully saturated rings. The minimum Gasteiger partial charge on any atom is -0.480 e. The summed E-state index contributed by atoms with van der Waals surface area (Å²) >= 11 is 6.42. The number of likely N-dealkylation sites (tertiary alicyclic amines) is 1. The second kappa shape index (κ2) is 9.34. The lowest BCUT2D eigenvalue weighted by molar-refractivity contribution is -0.141. The Morgan fingerprint density at radius 1 is 0.970 bits per heavy atom. The van der Waals surface area contributed by atoms with Crippen molar-refractivity contribution in [1.82, 2.24) is 4.90 Å². The van der Waals surface area contributed by atoms with E-state index >= 15 is 0 Å². The number of carbonyl (C=O) groups excluding carboxylic acids is 1. The Labute approximate surface area is 195 Å². The molecule has 1 heterocycles. The number of nitrogens with zero attached hydrogens (tertiary/aromatic N) is 2. The van der Waals surface area contributed by atoms with Crippen LogP contribution in [0.15, 0.2) is 78.0 Å². The van der Waals surface area contributed by atoms with E-state index in [4.69, 9.17) is 17.3 Å². The molecule has 0 spiro atoms. The first kappa shape index (κ1) is 22.4. The van der Waals surface area contributed by atoms with Crippen molar-refractivity contribution in [2.75, 3.05) is 0 Å². The maximum Gasteiger partial charge on any atom is 0.326 e. The summed E-state index contributed by atoms with van der Waals surface area (Å²) in [6, 6.07) is 19.8. The molecule has 1 aliphatic heterocycles. The van der Waals surface area contributed by atoms with Crippen molar-refractivity contribution in [2.45, 2.75) is 24.9 Å². The maximum atomic E-state index is 14.1. The lowest BCUT2D eigenvalue weighted by Gasteiger charge is -2.30. The molecule has 0 aliphatic carbocycles. The third kappa shape index (κ3) is 4.15. The number of aliphatic carboxylic acids is 1. The van der Waals surface area contributed by atoms with Gasteiger partial charge in [0.1, 0.15) is 6.04 Å². The summed E-state index contributed by atoms with van der Waals surface area (Å²) in [6.45, 7) is 0. The fourth-order valence-electron chi connectivity index (χ4n) is 4.42. The summed E-state index contributed by atoms with van der Waals surface area (Å²) in [6.07, 6.45) is 0.724. The Hall–Kier alpha value is -3.84. The molecule has 33 heavy (non-hydrogen) atoms. The highest BCUT2D eigenvalue weighted by Crippen LogP contribution is 2.41. The van der Waals surface area contributed by atoms with E-state index in [2.05, 4.69) is 5.16 Å². The zero-order valence-corrected chi connectivity index (χ0v) is 18.3. The predicted octanol–water partition coefficient (Wildman–Crippen LogP) is 4.53. The van der Waals surface area contributed by atoms with Crippen LogP contribution in [0.4, 0.5) is 0 Å². The molecule has 0 bridgehead atoms. The molecule has 0 radical (unpaired) electrons. The monoisotopic (exact) mass is 463 g/mol. The molecule has 8 heteroatoms. The van der Waals surface area contributed by atoms with Gasteiger partial charge < -0.3 is 20.9 Å². The van der Waals surface area contributed by atoms with E-state index in [-0.39, 0.29) is 23.4 Å². The van der Waals surface area contributed by atoms with Crippen molar-refractivity contribution in [3.8, 4) is 11.1 Å². The smallest absolute Gasteiger partial charge is 0.326 e. The predicted molar refractivity (Wildman–Crippen MR) is 125 cm³/mol. The molecular formula is C25H22ClN3O4. The number of benzene rings is 3. The van der Waals surface area contributed by atoms with Crippen LogP contribution in [0.3, 0.4) is 0 Å². The third-order valence-electron chi connectivity index (χ3n) is 5.92. The molecule has 0 saturated carbocycles. The van der Waals surface area contributed by atoms with Gasteiger partial charge in [-0.2, -0.15) is 0 Å². The largest absolute Gasteiger partial charge is 0.480 e. The number of halogens is 1. The number of nitrogens with two attached hydrogens (primary N) is 1. The van der Waals surface area contributed by atoms with E-state index in [9.17, 15) is 19.9 Å². The van der Waals surface area contributed by atoms with E-state index in [0.717, 1.165) is 5.56 Å². The number of hydrogen-bond donors (Lipinski definition) is 3. The van der Waals surface area contributed by atoms with Crippen LogP contribution in [0.1, 0.15) is 40.4 Å². The quantitative estimate of drug-likeness (QED) is 0.222. The summed E-state index contributed by atoms with van der Waals surface area (Å²) in [7, 11) is 0. The Bertz CT molecular complexity index is 1230. The fourth-order valence-corrected chi connectivity index (χ4v) is 4.69. The number of oxime groups is 1. The number of carboxylic acid groups (broad SMARTS) is 1. The van der Waals surface area contributed by atoms with Crippen molar-refractivity contribution in [2.24, 2.45) is 10.9 Å². The number of amides is 1. The summed E-state index contributed by atoms with van der Waals surface area (Å²) in [4.78, 5) is 27.6. The van der Waals surface area contributed by atoms with Gasteiger partial charge >= 0.3 is 5.97 Å². The molecule has 7 nitrogen and oxygen atoms in total. The van der Waals surface area contributed by atoms with Crippen LogP contribution in [0, 0.1) is 0 Å². The second-order valence-corrected chi connectivity index (χ2v) is 8.17. The molecule has 0 aromatic heterocycles. The van der Waals surface area contributed by atoms with Gasteiger partial charge in [0.2, 0.25) is 0 Å². The minimum absolute atomic E-state index is 0.171. The van der Waals surface area contributed by atoms with Crippen LogP contribution in [0.25, 0.3) is 11.1 Å². The van der Waals surface area contributed by atoms with E-state index in [1.807, 2.05) is 30.3 Å². The van der Waals surface area contributed by atoms with Crippen LogP contribution in [0.2, 0.25) is 5.02 Å². The van der Waals surface area contributed by atoms with Gasteiger partial charge in [-0.25, -0.2) is 4.79 Å². The van der Waals surface area contributed by atoms with Crippen LogP contribution in [-0.4, -0.2) is 39.0 Å². The van der Waals surface area contributed by atoms with Gasteiger partial charge in [0.05, 0.1) is 11.6 Å². The molecule has 4 rings (SSSR count). The molecule has 2 unspecified atom stereocenters. The van der Waals surface area contributed by atoms with Crippen molar-refractivity contribution >= 4 is 29.3 Å². The van der Waals surface area contributed by atoms with E-state index in [1.54, 1.807) is 42.5 Å². The lowest BCUT2D eigenvalue weighted by Crippen LogP contribution is -2.42. The molecular weight excluding hydrogens is 442 g/mol. The van der Waals surface area contributed by atoms with Crippen LogP contribution in [-0.2, 0) is 4.79 Å². The summed E-state index contributed by atoms with van der Waals surface area (Å²) in [5, 5.41) is 22.8. The first-order valence-corrected chi connectivity index (χ1v) is 10.8. The van der Waals surface area contributed by atoms with Gasteiger partial charge in [0.15, 0.2) is 5.84 Å². The highest BCUT2D eigenvalue weighted by Gasteiger charge is 2.43. The van der Waals surface area contributed by atoms with Crippen molar-refractivity contribution < 1.29 is 19.9 Å². The molecule has 168 valence electrons. The number of hydrogen-bond acceptors (Lipinski definition) is 4. The Balaban J connectivity index is 1.92. The van der Waals surface area contributed by atoms with E-state index in [1.165, 1.54) is 4.90 Å². The number of carbonyl (C=O) groups is 2. The summed E-state index contributed by atoms with van der Waals surface area (Å²) in [5.41, 5.74) is 8.30. The first-order valence-electron chi connectivity index (χ1n) is 10.4. The standard InChI is InChI=1S/C25H22ClN3O4/c26-19-12-5-4-9-17(19)20-13-14-21(25(31)32)29(20)24(30)22-16(15-7-2-1-3-8-15)10-6-11-18(22)23(27)28-33/h1-12,20-21,33H,13-14H2,(H2,27,28)(H,31,32). The van der Waals surface area contributed by atoms with Gasteiger partial charge in [0, 0.05) is 10.6 Å². The van der Waals surface area contributed by atoms with Gasteiger partial charge in [-0.05, 0) is 35.6 Å². The van der Waals surface area contributed by atoms with Gasteiger partial charge in [-0.3, -0.25) is 4.79 Å². The summed E-state index contributed by atoms with van der Waals surface area (Å²) in [5.74, 6) is -1.86. The Morgan fingerprint density at radius 3 is 2.33 bits per heavy atom. The Morgan fingerprint density at radius 2 is 1.67 bits per heavy atom. The molecule has 4 N–H and O–H groups in total.